The van der Waals surface area contributed by atoms with E-state index < -0.39 is 0 Å². The Morgan fingerprint density at radius 3 is 2.61 bits per heavy atom. The number of rotatable bonds is 5. The lowest BCUT2D eigenvalue weighted by atomic mass is 10.2. The third-order valence-electron chi connectivity index (χ3n) is 3.07. The summed E-state index contributed by atoms with van der Waals surface area (Å²) in [6, 6.07) is 15.7. The van der Waals surface area contributed by atoms with E-state index >= 15 is 0 Å². The van der Waals surface area contributed by atoms with Crippen LogP contribution in [0.1, 0.15) is 17.0 Å². The molecule has 6 heteroatoms. The van der Waals surface area contributed by atoms with Crippen LogP contribution in [0, 0.1) is 0 Å². The Labute approximate surface area is 148 Å². The number of hydrogen-bond donors (Lipinski definition) is 1. The molecule has 1 N–H and O–H groups in total. The molecular formula is C17H13Cl2N3S. The molecule has 0 atom stereocenters. The van der Waals surface area contributed by atoms with E-state index in [9.17, 15) is 0 Å². The second kappa shape index (κ2) is 7.68. The highest BCUT2D eigenvalue weighted by Gasteiger charge is 2.04. The molecule has 0 amide bonds. The van der Waals surface area contributed by atoms with Crippen molar-refractivity contribution in [3.63, 3.8) is 0 Å². The van der Waals surface area contributed by atoms with E-state index in [0.29, 0.717) is 15.2 Å². The maximum atomic E-state index is 6.01. The molecule has 0 radical (unpaired) electrons. The lowest BCUT2D eigenvalue weighted by Crippen LogP contribution is -1.82. The van der Waals surface area contributed by atoms with Gasteiger partial charge in [0, 0.05) is 5.75 Å². The van der Waals surface area contributed by atoms with Crippen LogP contribution in [-0.2, 0) is 5.75 Å². The summed E-state index contributed by atoms with van der Waals surface area (Å²) < 4.78 is 0. The Bertz CT molecular complexity index is 816. The van der Waals surface area contributed by atoms with E-state index in [1.54, 1.807) is 17.8 Å². The van der Waals surface area contributed by atoms with Crippen LogP contribution in [0.5, 0.6) is 0 Å². The summed E-state index contributed by atoms with van der Waals surface area (Å²) in [7, 11) is 0. The van der Waals surface area contributed by atoms with Gasteiger partial charge in [0.15, 0.2) is 0 Å². The van der Waals surface area contributed by atoms with E-state index in [4.69, 9.17) is 23.2 Å². The normalized spacial score (nSPS) is 11.2. The maximum Gasteiger partial charge on any atom is 0.209 e. The fourth-order valence-corrected chi connectivity index (χ4v) is 2.98. The third kappa shape index (κ3) is 4.61. The zero-order chi connectivity index (χ0) is 16.1. The number of halogens is 2. The molecule has 1 heterocycles. The lowest BCUT2D eigenvalue weighted by Gasteiger charge is -2.00. The smallest absolute Gasteiger partial charge is 0.209 e. The summed E-state index contributed by atoms with van der Waals surface area (Å²) in [5, 5.41) is 8.94. The second-order valence-electron chi connectivity index (χ2n) is 4.78. The van der Waals surface area contributed by atoms with E-state index in [1.807, 2.05) is 54.6 Å². The van der Waals surface area contributed by atoms with Crippen LogP contribution in [0.25, 0.3) is 12.2 Å². The fraction of sp³-hybridized carbons (Fsp3) is 0.0588. The number of thioether (sulfide) groups is 1. The van der Waals surface area contributed by atoms with Crippen LogP contribution in [0.15, 0.2) is 53.7 Å². The van der Waals surface area contributed by atoms with Gasteiger partial charge in [0.05, 0.1) is 10.0 Å². The number of nitrogens with one attached hydrogen (secondary N) is 1. The first-order chi connectivity index (χ1) is 11.2. The quantitative estimate of drug-likeness (QED) is 0.603. The number of aromatic amines is 1. The minimum Gasteiger partial charge on any atom is -0.259 e. The molecule has 0 aliphatic carbocycles. The van der Waals surface area contributed by atoms with Crippen LogP contribution in [0.2, 0.25) is 10.0 Å². The maximum absolute atomic E-state index is 6.01. The van der Waals surface area contributed by atoms with E-state index in [2.05, 4.69) is 15.2 Å². The topological polar surface area (TPSA) is 41.6 Å². The Morgan fingerprint density at radius 2 is 1.83 bits per heavy atom. The number of hydrogen-bond acceptors (Lipinski definition) is 3. The molecule has 116 valence electrons. The molecule has 0 saturated heterocycles. The van der Waals surface area contributed by atoms with Crippen molar-refractivity contribution in [2.24, 2.45) is 0 Å². The molecule has 0 spiro atoms. The number of aromatic nitrogens is 3. The summed E-state index contributed by atoms with van der Waals surface area (Å²) in [4.78, 5) is 4.43. The molecule has 0 bridgehead atoms. The van der Waals surface area contributed by atoms with Crippen molar-refractivity contribution in [2.45, 2.75) is 10.9 Å². The molecule has 0 saturated carbocycles. The summed E-state index contributed by atoms with van der Waals surface area (Å²) in [5.41, 5.74) is 2.20. The first-order valence-electron chi connectivity index (χ1n) is 6.93. The van der Waals surface area contributed by atoms with Gasteiger partial charge in [-0.3, -0.25) is 5.10 Å². The molecule has 0 unspecified atom stereocenters. The van der Waals surface area contributed by atoms with E-state index in [-0.39, 0.29) is 0 Å². The monoisotopic (exact) mass is 361 g/mol. The van der Waals surface area contributed by atoms with Gasteiger partial charge in [-0.25, -0.2) is 4.98 Å². The van der Waals surface area contributed by atoms with Crippen molar-refractivity contribution in [2.75, 3.05) is 0 Å². The van der Waals surface area contributed by atoms with Crippen molar-refractivity contribution in [3.8, 4) is 0 Å². The molecule has 2 aromatic carbocycles. The Kier molecular flexibility index (Phi) is 5.39. The molecule has 23 heavy (non-hydrogen) atoms. The minimum absolute atomic E-state index is 0.561. The van der Waals surface area contributed by atoms with Crippen molar-refractivity contribution in [1.82, 2.24) is 15.2 Å². The number of benzene rings is 2. The van der Waals surface area contributed by atoms with E-state index in [0.717, 1.165) is 22.7 Å². The van der Waals surface area contributed by atoms with Crippen LogP contribution in [0.4, 0.5) is 0 Å². The minimum atomic E-state index is 0.561. The Balaban J connectivity index is 1.61. The van der Waals surface area contributed by atoms with Gasteiger partial charge in [0.25, 0.3) is 0 Å². The Hall–Kier alpha value is -1.75. The first-order valence-corrected chi connectivity index (χ1v) is 8.67. The van der Waals surface area contributed by atoms with Gasteiger partial charge in [-0.1, -0.05) is 77.4 Å². The van der Waals surface area contributed by atoms with Crippen molar-refractivity contribution < 1.29 is 0 Å². The van der Waals surface area contributed by atoms with Crippen molar-refractivity contribution in [1.29, 1.82) is 0 Å². The van der Waals surface area contributed by atoms with Gasteiger partial charge < -0.3 is 0 Å². The molecule has 0 fully saturated rings. The zero-order valence-electron chi connectivity index (χ0n) is 12.0. The zero-order valence-corrected chi connectivity index (χ0v) is 14.4. The summed E-state index contributed by atoms with van der Waals surface area (Å²) in [6.07, 6.45) is 3.90. The molecule has 0 aliphatic heterocycles. The molecule has 0 aliphatic rings. The second-order valence-corrected chi connectivity index (χ2v) is 6.54. The van der Waals surface area contributed by atoms with Gasteiger partial charge in [0.1, 0.15) is 5.82 Å². The first kappa shape index (κ1) is 16.1. The van der Waals surface area contributed by atoms with Gasteiger partial charge in [-0.2, -0.15) is 0 Å². The van der Waals surface area contributed by atoms with Crippen LogP contribution in [0.3, 0.4) is 0 Å². The average Bonchev–Trinajstić information content (AvgIpc) is 3.03. The highest BCUT2D eigenvalue weighted by atomic mass is 35.5. The van der Waals surface area contributed by atoms with Gasteiger partial charge in [-0.15, -0.1) is 5.10 Å². The van der Waals surface area contributed by atoms with Crippen LogP contribution >= 0.6 is 35.0 Å². The SMILES string of the molecule is Clc1ccc(CSc2n[nH]c(/C=C/c3ccccc3)n2)cc1Cl. The molecule has 3 nitrogen and oxygen atoms in total. The predicted octanol–water partition coefficient (Wildman–Crippen LogP) is 5.57. The summed E-state index contributed by atoms with van der Waals surface area (Å²) in [6.45, 7) is 0. The average molecular weight is 362 g/mol. The van der Waals surface area contributed by atoms with E-state index in [1.165, 1.54) is 0 Å². The lowest BCUT2D eigenvalue weighted by molar-refractivity contribution is 0.972. The highest BCUT2D eigenvalue weighted by molar-refractivity contribution is 7.98. The van der Waals surface area contributed by atoms with Gasteiger partial charge >= 0.3 is 0 Å². The van der Waals surface area contributed by atoms with Crippen molar-refractivity contribution in [3.05, 3.63) is 75.5 Å². The standard InChI is InChI=1S/C17H13Cl2N3S/c18-14-8-6-13(10-15(14)19)11-23-17-20-16(21-22-17)9-7-12-4-2-1-3-5-12/h1-10H,11H2,(H,20,21,22)/b9-7+. The third-order valence-corrected chi connectivity index (χ3v) is 4.72. The Morgan fingerprint density at radius 1 is 1.00 bits per heavy atom. The molecule has 3 aromatic rings. The molecule has 3 rings (SSSR count). The summed E-state index contributed by atoms with van der Waals surface area (Å²) in [5.74, 6) is 1.46. The van der Waals surface area contributed by atoms with Crippen LogP contribution < -0.4 is 0 Å². The van der Waals surface area contributed by atoms with Gasteiger partial charge in [0.2, 0.25) is 5.16 Å². The predicted molar refractivity (Wildman–Crippen MR) is 97.8 cm³/mol. The largest absolute Gasteiger partial charge is 0.259 e. The highest BCUT2D eigenvalue weighted by Crippen LogP contribution is 2.26. The summed E-state index contributed by atoms with van der Waals surface area (Å²) >= 11 is 13.5. The number of nitrogens with zero attached hydrogens (tertiary/aromatic N) is 2. The fourth-order valence-electron chi connectivity index (χ4n) is 1.91. The van der Waals surface area contributed by atoms with Gasteiger partial charge in [-0.05, 0) is 29.3 Å². The molecular weight excluding hydrogens is 349 g/mol. The number of H-pyrrole nitrogens is 1. The van der Waals surface area contributed by atoms with Crippen LogP contribution in [-0.4, -0.2) is 15.2 Å². The van der Waals surface area contributed by atoms with Crippen molar-refractivity contribution >= 4 is 47.1 Å². The molecule has 1 aromatic heterocycles.